The quantitative estimate of drug-likeness (QED) is 0.632. The van der Waals surface area contributed by atoms with Crippen LogP contribution in [0.4, 0.5) is 10.5 Å². The number of carbonyl (C=O) groups excluding carboxylic acids is 2. The molecule has 0 aliphatic rings. The molecule has 0 atom stereocenters. The summed E-state index contributed by atoms with van der Waals surface area (Å²) in [6, 6.07) is 10.5. The van der Waals surface area contributed by atoms with Gasteiger partial charge in [0, 0.05) is 30.7 Å². The number of hydrogen-bond donors (Lipinski definition) is 2. The number of amides is 2. The molecule has 2 aromatic rings. The van der Waals surface area contributed by atoms with Crippen LogP contribution in [0.2, 0.25) is 0 Å². The molecule has 0 bridgehead atoms. The molecule has 2 amide bonds. The molecule has 0 radical (unpaired) electrons. The number of hydrogen-bond acceptors (Lipinski definition) is 4. The summed E-state index contributed by atoms with van der Waals surface area (Å²) in [4.78, 5) is 27.1. The smallest absolute Gasteiger partial charge is 0.330 e. The fourth-order valence-corrected chi connectivity index (χ4v) is 1.89. The Morgan fingerprint density at radius 2 is 2.00 bits per heavy atom. The van der Waals surface area contributed by atoms with Gasteiger partial charge in [0.05, 0.1) is 6.61 Å². The number of rotatable bonds is 6. The van der Waals surface area contributed by atoms with Crippen molar-refractivity contribution in [3.63, 3.8) is 0 Å². The largest absolute Gasteiger partial charge is 0.463 e. The highest BCUT2D eigenvalue weighted by atomic mass is 16.5. The summed E-state index contributed by atoms with van der Waals surface area (Å²) >= 11 is 0. The fourth-order valence-electron chi connectivity index (χ4n) is 1.89. The first-order valence-electron chi connectivity index (χ1n) is 7.56. The minimum atomic E-state index is -0.380. The standard InChI is InChI=1S/C18H19N3O3/c1-2-24-17(22)10-7-14-5-8-16(9-6-14)21-18(23)20-13-15-4-3-11-19-12-15/h3-12H,2,13H2,1H3,(H2,20,21,23)/b10-7+. The second kappa shape index (κ2) is 9.09. The summed E-state index contributed by atoms with van der Waals surface area (Å²) in [6.45, 7) is 2.51. The zero-order valence-electron chi connectivity index (χ0n) is 13.4. The zero-order valence-corrected chi connectivity index (χ0v) is 13.4. The number of pyridine rings is 1. The van der Waals surface area contributed by atoms with Crippen LogP contribution in [0.15, 0.2) is 54.9 Å². The molecule has 0 spiro atoms. The van der Waals surface area contributed by atoms with Crippen LogP contribution in [0.5, 0.6) is 0 Å². The lowest BCUT2D eigenvalue weighted by Crippen LogP contribution is -2.28. The van der Waals surface area contributed by atoms with Gasteiger partial charge in [-0.3, -0.25) is 4.98 Å². The molecule has 6 heteroatoms. The van der Waals surface area contributed by atoms with Gasteiger partial charge in [-0.25, -0.2) is 9.59 Å². The number of nitrogens with zero attached hydrogens (tertiary/aromatic N) is 1. The van der Waals surface area contributed by atoms with E-state index in [4.69, 9.17) is 4.74 Å². The highest BCUT2D eigenvalue weighted by Gasteiger charge is 2.02. The molecule has 24 heavy (non-hydrogen) atoms. The van der Waals surface area contributed by atoms with E-state index in [-0.39, 0.29) is 12.0 Å². The number of carbonyl (C=O) groups is 2. The maximum Gasteiger partial charge on any atom is 0.330 e. The van der Waals surface area contributed by atoms with Crippen molar-refractivity contribution in [3.8, 4) is 0 Å². The highest BCUT2D eigenvalue weighted by molar-refractivity contribution is 5.90. The molecule has 124 valence electrons. The minimum absolute atomic E-state index is 0.298. The van der Waals surface area contributed by atoms with Crippen LogP contribution >= 0.6 is 0 Å². The van der Waals surface area contributed by atoms with Crippen LogP contribution in [-0.4, -0.2) is 23.6 Å². The van der Waals surface area contributed by atoms with Gasteiger partial charge in [-0.05, 0) is 42.3 Å². The summed E-state index contributed by atoms with van der Waals surface area (Å²) in [5.41, 5.74) is 2.42. The molecule has 1 aromatic heterocycles. The van der Waals surface area contributed by atoms with Crippen LogP contribution in [-0.2, 0) is 16.1 Å². The Morgan fingerprint density at radius 1 is 1.21 bits per heavy atom. The maximum absolute atomic E-state index is 11.8. The second-order valence-electron chi connectivity index (χ2n) is 4.88. The Balaban J connectivity index is 1.82. The molecular formula is C18H19N3O3. The molecule has 2 N–H and O–H groups in total. The Labute approximate surface area is 140 Å². The van der Waals surface area contributed by atoms with Gasteiger partial charge in [0.15, 0.2) is 0 Å². The third kappa shape index (κ3) is 5.92. The topological polar surface area (TPSA) is 80.3 Å². The third-order valence-electron chi connectivity index (χ3n) is 3.04. The normalized spacial score (nSPS) is 10.4. The van der Waals surface area contributed by atoms with Crippen molar-refractivity contribution in [2.45, 2.75) is 13.5 Å². The van der Waals surface area contributed by atoms with Crippen molar-refractivity contribution in [2.75, 3.05) is 11.9 Å². The Hall–Kier alpha value is -3.15. The van der Waals surface area contributed by atoms with Gasteiger partial charge < -0.3 is 15.4 Å². The number of nitrogens with one attached hydrogen (secondary N) is 2. The highest BCUT2D eigenvalue weighted by Crippen LogP contribution is 2.11. The van der Waals surface area contributed by atoms with E-state index in [0.29, 0.717) is 18.8 Å². The first-order chi connectivity index (χ1) is 11.7. The third-order valence-corrected chi connectivity index (χ3v) is 3.04. The van der Waals surface area contributed by atoms with Crippen LogP contribution < -0.4 is 10.6 Å². The summed E-state index contributed by atoms with van der Waals surface area (Å²) in [5, 5.41) is 5.49. The number of aromatic nitrogens is 1. The molecule has 0 unspecified atom stereocenters. The van der Waals surface area contributed by atoms with Crippen molar-refractivity contribution in [3.05, 3.63) is 66.0 Å². The number of benzene rings is 1. The van der Waals surface area contributed by atoms with Gasteiger partial charge in [0.2, 0.25) is 0 Å². The van der Waals surface area contributed by atoms with E-state index in [0.717, 1.165) is 11.1 Å². The van der Waals surface area contributed by atoms with Gasteiger partial charge in [0.1, 0.15) is 0 Å². The lowest BCUT2D eigenvalue weighted by Gasteiger charge is -2.07. The Kier molecular flexibility index (Phi) is 6.52. The van der Waals surface area contributed by atoms with E-state index >= 15 is 0 Å². The predicted octanol–water partition coefficient (Wildman–Crippen LogP) is 2.98. The number of ether oxygens (including phenoxy) is 1. The maximum atomic E-state index is 11.8. The SMILES string of the molecule is CCOC(=O)/C=C/c1ccc(NC(=O)NCc2cccnc2)cc1. The van der Waals surface area contributed by atoms with E-state index in [1.165, 1.54) is 6.08 Å². The first-order valence-corrected chi connectivity index (χ1v) is 7.56. The Bertz CT molecular complexity index is 697. The molecule has 0 aliphatic carbocycles. The van der Waals surface area contributed by atoms with Crippen molar-refractivity contribution < 1.29 is 14.3 Å². The predicted molar refractivity (Wildman–Crippen MR) is 92.2 cm³/mol. The van der Waals surface area contributed by atoms with Crippen LogP contribution in [0.1, 0.15) is 18.1 Å². The zero-order chi connectivity index (χ0) is 17.2. The second-order valence-corrected chi connectivity index (χ2v) is 4.88. The number of anilines is 1. The average Bonchev–Trinajstić information content (AvgIpc) is 2.60. The van der Waals surface area contributed by atoms with Crippen molar-refractivity contribution in [1.82, 2.24) is 10.3 Å². The van der Waals surface area contributed by atoms with Gasteiger partial charge in [-0.1, -0.05) is 18.2 Å². The molecule has 0 aliphatic heterocycles. The molecular weight excluding hydrogens is 306 g/mol. The molecule has 6 nitrogen and oxygen atoms in total. The van der Waals surface area contributed by atoms with E-state index in [2.05, 4.69) is 15.6 Å². The van der Waals surface area contributed by atoms with Crippen LogP contribution in [0, 0.1) is 0 Å². The van der Waals surface area contributed by atoms with Crippen LogP contribution in [0.25, 0.3) is 6.08 Å². The summed E-state index contributed by atoms with van der Waals surface area (Å²) in [7, 11) is 0. The first kappa shape index (κ1) is 17.2. The van der Waals surface area contributed by atoms with Crippen molar-refractivity contribution in [1.29, 1.82) is 0 Å². The van der Waals surface area contributed by atoms with Crippen LogP contribution in [0.3, 0.4) is 0 Å². The lowest BCUT2D eigenvalue weighted by molar-refractivity contribution is -0.137. The molecule has 1 aromatic carbocycles. The van der Waals surface area contributed by atoms with E-state index in [1.807, 2.05) is 12.1 Å². The number of urea groups is 1. The minimum Gasteiger partial charge on any atom is -0.463 e. The van der Waals surface area contributed by atoms with Gasteiger partial charge in [0.25, 0.3) is 0 Å². The average molecular weight is 325 g/mol. The number of esters is 1. The van der Waals surface area contributed by atoms with Gasteiger partial charge in [-0.2, -0.15) is 0 Å². The lowest BCUT2D eigenvalue weighted by atomic mass is 10.2. The van der Waals surface area contributed by atoms with Crippen molar-refractivity contribution in [2.24, 2.45) is 0 Å². The summed E-state index contributed by atoms with van der Waals surface area (Å²) in [5.74, 6) is -0.380. The van der Waals surface area contributed by atoms with E-state index in [1.54, 1.807) is 49.7 Å². The van der Waals surface area contributed by atoms with Gasteiger partial charge >= 0.3 is 12.0 Å². The molecule has 2 rings (SSSR count). The Morgan fingerprint density at radius 3 is 2.67 bits per heavy atom. The molecule has 0 saturated carbocycles. The molecule has 1 heterocycles. The van der Waals surface area contributed by atoms with E-state index < -0.39 is 0 Å². The van der Waals surface area contributed by atoms with Crippen molar-refractivity contribution >= 4 is 23.8 Å². The summed E-state index contributed by atoms with van der Waals surface area (Å²) < 4.78 is 4.81. The molecule has 0 fully saturated rings. The fraction of sp³-hybridized carbons (Fsp3) is 0.167. The molecule has 0 saturated heterocycles. The monoisotopic (exact) mass is 325 g/mol. The van der Waals surface area contributed by atoms with E-state index in [9.17, 15) is 9.59 Å². The summed E-state index contributed by atoms with van der Waals surface area (Å²) in [6.07, 6.45) is 6.41. The van der Waals surface area contributed by atoms with Gasteiger partial charge in [-0.15, -0.1) is 0 Å².